The highest BCUT2D eigenvalue weighted by molar-refractivity contribution is 6.18. The lowest BCUT2D eigenvalue weighted by Crippen LogP contribution is -2.07. The van der Waals surface area contributed by atoms with E-state index < -0.39 is 5.97 Å². The van der Waals surface area contributed by atoms with Gasteiger partial charge in [-0.25, -0.2) is 4.79 Å². The van der Waals surface area contributed by atoms with Crippen molar-refractivity contribution in [3.8, 4) is 0 Å². The number of allylic oxidation sites excluding steroid dienone is 1. The van der Waals surface area contributed by atoms with Gasteiger partial charge in [0.15, 0.2) is 6.07 Å². The van der Waals surface area contributed by atoms with Crippen LogP contribution in [0, 0.1) is 0 Å². The molecule has 0 saturated carbocycles. The quantitative estimate of drug-likeness (QED) is 0.281. The molecule has 0 atom stereocenters. The van der Waals surface area contributed by atoms with E-state index in [4.69, 9.17) is 11.6 Å². The van der Waals surface area contributed by atoms with E-state index in [9.17, 15) is 4.79 Å². The Hall–Kier alpha value is -0.830. The number of rotatable bonds is 3. The maximum absolute atomic E-state index is 10.9. The summed E-state index contributed by atoms with van der Waals surface area (Å²) in [5.74, 6) is -0.451. The third-order valence-electron chi connectivity index (χ3n) is 1.00. The molecular weight excluding hydrogens is 166 g/mol. The minimum absolute atomic E-state index is 0.131. The lowest BCUT2D eigenvalue weighted by atomic mass is 10.3. The van der Waals surface area contributed by atoms with Gasteiger partial charge in [0.05, 0.1) is 5.57 Å². The van der Waals surface area contributed by atoms with Crippen LogP contribution < -0.4 is 0 Å². The van der Waals surface area contributed by atoms with Gasteiger partial charge in [0.25, 0.3) is 0 Å². The number of ether oxygens (including phenoxy) is 1. The summed E-state index contributed by atoms with van der Waals surface area (Å²) in [6.07, 6.45) is 3.04. The average Bonchev–Trinajstić information content (AvgIpc) is 2.00. The first-order valence-corrected chi connectivity index (χ1v) is 3.61. The van der Waals surface area contributed by atoms with E-state index in [1.165, 1.54) is 6.21 Å². The van der Waals surface area contributed by atoms with E-state index in [1.807, 2.05) is 0 Å². The van der Waals surface area contributed by atoms with Crippen molar-refractivity contribution in [2.45, 2.75) is 6.92 Å². The lowest BCUT2D eigenvalue weighted by molar-refractivity contribution is -0.136. The fourth-order valence-corrected chi connectivity index (χ4v) is 0.616. The van der Waals surface area contributed by atoms with Crippen molar-refractivity contribution in [3.63, 3.8) is 0 Å². The van der Waals surface area contributed by atoms with Crippen molar-refractivity contribution < 1.29 is 9.53 Å². The molecule has 62 valence electrons. The van der Waals surface area contributed by atoms with Crippen LogP contribution in [0.25, 0.3) is 0 Å². The molecular formula is C7H10ClNO2. The van der Waals surface area contributed by atoms with Gasteiger partial charge in [0.2, 0.25) is 0 Å². The molecule has 11 heavy (non-hydrogen) atoms. The van der Waals surface area contributed by atoms with Crippen LogP contribution in [0.2, 0.25) is 0 Å². The Balaban J connectivity index is 4.16. The van der Waals surface area contributed by atoms with Crippen molar-refractivity contribution in [1.82, 2.24) is 0 Å². The maximum atomic E-state index is 10.9. The molecule has 0 aliphatic heterocycles. The fourth-order valence-electron chi connectivity index (χ4n) is 0.517. The van der Waals surface area contributed by atoms with Crippen molar-refractivity contribution in [2.75, 3.05) is 13.1 Å². The SMILES string of the molecule is CC=C(C=NC)C(=O)OCCl. The Labute approximate surface area is 70.7 Å². The van der Waals surface area contributed by atoms with Crippen LogP contribution in [0.4, 0.5) is 0 Å². The summed E-state index contributed by atoms with van der Waals surface area (Å²) in [5.41, 5.74) is 0.410. The molecule has 0 spiro atoms. The highest BCUT2D eigenvalue weighted by atomic mass is 35.5. The smallest absolute Gasteiger partial charge is 0.340 e. The summed E-state index contributed by atoms with van der Waals surface area (Å²) in [6, 6.07) is -0.131. The first-order valence-electron chi connectivity index (χ1n) is 3.07. The van der Waals surface area contributed by atoms with Crippen LogP contribution in [-0.2, 0) is 9.53 Å². The molecule has 0 radical (unpaired) electrons. The normalized spacial score (nSPS) is 12.1. The Morgan fingerprint density at radius 3 is 2.73 bits per heavy atom. The van der Waals surface area contributed by atoms with E-state index in [0.717, 1.165) is 0 Å². The highest BCUT2D eigenvalue weighted by Gasteiger charge is 2.05. The Bertz CT molecular complexity index is 187. The summed E-state index contributed by atoms with van der Waals surface area (Å²) >= 11 is 5.18. The number of hydrogen-bond donors (Lipinski definition) is 0. The molecule has 0 heterocycles. The lowest BCUT2D eigenvalue weighted by Gasteiger charge is -1.98. The van der Waals surface area contributed by atoms with Gasteiger partial charge in [0.1, 0.15) is 0 Å². The van der Waals surface area contributed by atoms with E-state index >= 15 is 0 Å². The number of hydrogen-bond acceptors (Lipinski definition) is 3. The van der Waals surface area contributed by atoms with E-state index in [2.05, 4.69) is 9.73 Å². The van der Waals surface area contributed by atoms with Gasteiger partial charge in [-0.1, -0.05) is 17.7 Å². The van der Waals surface area contributed by atoms with E-state index in [0.29, 0.717) is 5.57 Å². The van der Waals surface area contributed by atoms with Gasteiger partial charge < -0.3 is 4.74 Å². The van der Waals surface area contributed by atoms with Crippen LogP contribution in [0.15, 0.2) is 16.6 Å². The molecule has 0 aromatic heterocycles. The van der Waals surface area contributed by atoms with Gasteiger partial charge >= 0.3 is 5.97 Å². The predicted molar refractivity (Wildman–Crippen MR) is 45.0 cm³/mol. The van der Waals surface area contributed by atoms with Gasteiger partial charge in [-0.3, -0.25) is 4.99 Å². The van der Waals surface area contributed by atoms with Gasteiger partial charge in [-0.2, -0.15) is 0 Å². The van der Waals surface area contributed by atoms with Crippen molar-refractivity contribution in [1.29, 1.82) is 0 Å². The minimum Gasteiger partial charge on any atom is -0.446 e. The zero-order chi connectivity index (χ0) is 8.69. The second-order valence-corrected chi connectivity index (χ2v) is 1.89. The predicted octanol–water partition coefficient (Wildman–Crippen LogP) is 1.37. The molecule has 0 fully saturated rings. The molecule has 0 unspecified atom stereocenters. The summed E-state index contributed by atoms with van der Waals surface area (Å²) in [4.78, 5) is 14.6. The topological polar surface area (TPSA) is 38.7 Å². The second-order valence-electron chi connectivity index (χ2n) is 1.67. The Morgan fingerprint density at radius 2 is 2.36 bits per heavy atom. The van der Waals surface area contributed by atoms with E-state index in [-0.39, 0.29) is 6.07 Å². The van der Waals surface area contributed by atoms with Crippen LogP contribution in [0.1, 0.15) is 6.92 Å². The van der Waals surface area contributed by atoms with Crippen molar-refractivity contribution >= 4 is 23.8 Å². The molecule has 0 N–H and O–H groups in total. The number of carbonyl (C=O) groups excluding carboxylic acids is 1. The maximum Gasteiger partial charge on any atom is 0.340 e. The van der Waals surface area contributed by atoms with Crippen LogP contribution in [-0.4, -0.2) is 25.3 Å². The number of esters is 1. The molecule has 0 aliphatic carbocycles. The number of carbonyl (C=O) groups is 1. The fraction of sp³-hybridized carbons (Fsp3) is 0.429. The van der Waals surface area contributed by atoms with Crippen LogP contribution >= 0.6 is 11.6 Å². The zero-order valence-corrected chi connectivity index (χ0v) is 7.26. The Morgan fingerprint density at radius 1 is 1.73 bits per heavy atom. The molecule has 0 aromatic rings. The number of alkyl halides is 1. The average molecular weight is 176 g/mol. The first kappa shape index (κ1) is 10.2. The standard InChI is InChI=1S/C7H10ClNO2/c1-3-6(4-9-2)7(10)11-5-8/h3-4H,5H2,1-2H3. The monoisotopic (exact) mass is 175 g/mol. The Kier molecular flexibility index (Phi) is 5.47. The molecule has 0 saturated heterocycles. The van der Waals surface area contributed by atoms with Crippen LogP contribution in [0.3, 0.4) is 0 Å². The molecule has 0 bridgehead atoms. The van der Waals surface area contributed by atoms with Crippen molar-refractivity contribution in [3.05, 3.63) is 11.6 Å². The number of aliphatic imine (C=N–C) groups is 1. The first-order chi connectivity index (χ1) is 5.26. The van der Waals surface area contributed by atoms with Gasteiger partial charge in [-0.15, -0.1) is 0 Å². The second kappa shape index (κ2) is 5.92. The van der Waals surface area contributed by atoms with Crippen LogP contribution in [0.5, 0.6) is 0 Å². The molecule has 0 aliphatic rings. The third-order valence-corrected chi connectivity index (χ3v) is 1.11. The molecule has 3 nitrogen and oxygen atoms in total. The largest absolute Gasteiger partial charge is 0.446 e. The van der Waals surface area contributed by atoms with E-state index in [1.54, 1.807) is 20.0 Å². The third kappa shape index (κ3) is 3.78. The van der Waals surface area contributed by atoms with Gasteiger partial charge in [-0.05, 0) is 6.92 Å². The summed E-state index contributed by atoms with van der Waals surface area (Å²) in [5, 5.41) is 0. The number of halogens is 1. The number of nitrogens with zero attached hydrogens (tertiary/aromatic N) is 1. The minimum atomic E-state index is -0.451. The summed E-state index contributed by atoms with van der Waals surface area (Å²) in [6.45, 7) is 1.73. The summed E-state index contributed by atoms with van der Waals surface area (Å²) < 4.78 is 4.51. The van der Waals surface area contributed by atoms with Gasteiger partial charge in [0, 0.05) is 13.3 Å². The molecule has 0 amide bonds. The highest BCUT2D eigenvalue weighted by Crippen LogP contribution is 1.95. The zero-order valence-electron chi connectivity index (χ0n) is 6.50. The van der Waals surface area contributed by atoms with Crippen molar-refractivity contribution in [2.24, 2.45) is 4.99 Å². The molecule has 0 aromatic carbocycles. The molecule has 0 rings (SSSR count). The summed E-state index contributed by atoms with van der Waals surface area (Å²) in [7, 11) is 1.58. The molecule has 4 heteroatoms.